The third-order valence-electron chi connectivity index (χ3n) is 4.64. The summed E-state index contributed by atoms with van der Waals surface area (Å²) < 4.78 is 20.2. The smallest absolute Gasteiger partial charge is 0.139 e. The lowest BCUT2D eigenvalue weighted by molar-refractivity contribution is 0.601. The summed E-state index contributed by atoms with van der Waals surface area (Å²) in [5.74, 6) is -0.172. The lowest BCUT2D eigenvalue weighted by Gasteiger charge is -2.12. The fourth-order valence-corrected chi connectivity index (χ4v) is 3.34. The van der Waals surface area contributed by atoms with Gasteiger partial charge in [0.1, 0.15) is 19.2 Å². The molecule has 3 rings (SSSR count). The van der Waals surface area contributed by atoms with Gasteiger partial charge in [0.25, 0.3) is 0 Å². The zero-order chi connectivity index (χ0) is 18.5. The highest BCUT2D eigenvalue weighted by Crippen LogP contribution is 2.22. The standard InChI is InChI=1S/C21H24BFN2O/c1-14(25-10-9-24-2)18-4-3-5-20(23)19(18)7-6-15-12-17(22)13-16-8-11-26-21(15)16/h3-5,8,11-13,24H,6-7,9-10,22H2,1-2H3/b25-14+. The average Bonchev–Trinajstić information content (AvgIpc) is 3.08. The highest BCUT2D eigenvalue weighted by molar-refractivity contribution is 6.33. The minimum atomic E-state index is -0.172. The van der Waals surface area contributed by atoms with Crippen molar-refractivity contribution in [2.75, 3.05) is 20.1 Å². The Morgan fingerprint density at radius 2 is 2.08 bits per heavy atom. The van der Waals surface area contributed by atoms with E-state index in [0.29, 0.717) is 13.0 Å². The quantitative estimate of drug-likeness (QED) is 0.404. The number of halogens is 1. The molecule has 0 aliphatic rings. The van der Waals surface area contributed by atoms with E-state index in [9.17, 15) is 4.39 Å². The summed E-state index contributed by atoms with van der Waals surface area (Å²) in [6, 6.07) is 11.4. The van der Waals surface area contributed by atoms with Gasteiger partial charge in [-0.05, 0) is 50.1 Å². The fourth-order valence-electron chi connectivity index (χ4n) is 3.34. The van der Waals surface area contributed by atoms with Crippen LogP contribution in [0.4, 0.5) is 4.39 Å². The maximum Gasteiger partial charge on any atom is 0.139 e. The maximum absolute atomic E-state index is 14.5. The van der Waals surface area contributed by atoms with Crippen LogP contribution in [0.5, 0.6) is 0 Å². The van der Waals surface area contributed by atoms with Crippen molar-refractivity contribution >= 4 is 30.0 Å². The zero-order valence-electron chi connectivity index (χ0n) is 15.6. The summed E-state index contributed by atoms with van der Waals surface area (Å²) >= 11 is 0. The molecule has 0 saturated carbocycles. The number of rotatable bonds is 7. The number of benzene rings is 2. The molecule has 0 amide bonds. The molecule has 134 valence electrons. The Hall–Kier alpha value is -2.40. The lowest BCUT2D eigenvalue weighted by atomic mass is 9.90. The summed E-state index contributed by atoms with van der Waals surface area (Å²) in [7, 11) is 3.97. The van der Waals surface area contributed by atoms with Gasteiger partial charge in [-0.2, -0.15) is 0 Å². The molecule has 0 aliphatic carbocycles. The summed E-state index contributed by atoms with van der Waals surface area (Å²) in [4.78, 5) is 4.57. The molecule has 1 N–H and O–H groups in total. The number of hydrogen-bond donors (Lipinski definition) is 1. The van der Waals surface area contributed by atoms with Gasteiger partial charge < -0.3 is 9.73 Å². The van der Waals surface area contributed by atoms with Crippen LogP contribution >= 0.6 is 0 Å². The van der Waals surface area contributed by atoms with Crippen LogP contribution in [-0.4, -0.2) is 33.7 Å². The van der Waals surface area contributed by atoms with Crippen molar-refractivity contribution in [3.63, 3.8) is 0 Å². The number of nitrogens with zero attached hydrogens (tertiary/aromatic N) is 1. The molecule has 26 heavy (non-hydrogen) atoms. The van der Waals surface area contributed by atoms with Crippen molar-refractivity contribution < 1.29 is 8.81 Å². The molecule has 0 saturated heterocycles. The van der Waals surface area contributed by atoms with E-state index in [1.807, 2.05) is 26.1 Å². The van der Waals surface area contributed by atoms with Gasteiger partial charge in [-0.25, -0.2) is 4.39 Å². The Kier molecular flexibility index (Phi) is 5.89. The van der Waals surface area contributed by atoms with E-state index in [2.05, 4.69) is 30.3 Å². The van der Waals surface area contributed by atoms with Gasteiger partial charge in [-0.3, -0.25) is 4.99 Å². The van der Waals surface area contributed by atoms with Crippen LogP contribution in [0.25, 0.3) is 11.0 Å². The molecular formula is C21H24BFN2O. The number of nitrogens with one attached hydrogen (secondary N) is 1. The predicted molar refractivity (Wildman–Crippen MR) is 109 cm³/mol. The fraction of sp³-hybridized carbons (Fsp3) is 0.286. The Labute approximate surface area is 154 Å². The predicted octanol–water partition coefficient (Wildman–Crippen LogP) is 2.64. The topological polar surface area (TPSA) is 37.5 Å². The van der Waals surface area contributed by atoms with E-state index in [-0.39, 0.29) is 5.82 Å². The normalized spacial score (nSPS) is 12.0. The van der Waals surface area contributed by atoms with Crippen LogP contribution in [0.3, 0.4) is 0 Å². The van der Waals surface area contributed by atoms with Gasteiger partial charge >= 0.3 is 0 Å². The third-order valence-corrected chi connectivity index (χ3v) is 4.64. The molecule has 1 heterocycles. The van der Waals surface area contributed by atoms with Crippen molar-refractivity contribution in [1.82, 2.24) is 5.32 Å². The number of aliphatic imine (C=N–C) groups is 1. The van der Waals surface area contributed by atoms with Gasteiger partial charge in [0.15, 0.2) is 0 Å². The Morgan fingerprint density at radius 3 is 2.88 bits per heavy atom. The zero-order valence-corrected chi connectivity index (χ0v) is 15.6. The largest absolute Gasteiger partial charge is 0.464 e. The molecule has 3 nitrogen and oxygen atoms in total. The number of fused-ring (bicyclic) bond motifs is 1. The molecule has 0 radical (unpaired) electrons. The van der Waals surface area contributed by atoms with E-state index in [1.165, 1.54) is 11.5 Å². The molecule has 2 aromatic carbocycles. The average molecular weight is 350 g/mol. The molecular weight excluding hydrogens is 326 g/mol. The van der Waals surface area contributed by atoms with E-state index in [4.69, 9.17) is 4.42 Å². The Balaban J connectivity index is 1.87. The number of furan rings is 1. The van der Waals surface area contributed by atoms with Crippen molar-refractivity contribution in [2.45, 2.75) is 19.8 Å². The SMILES string of the molecule is Bc1cc(CCc2c(F)cccc2/C(C)=N/CCNC)c2occc2c1. The molecule has 1 aromatic heterocycles. The first-order chi connectivity index (χ1) is 12.6. The van der Waals surface area contributed by atoms with Gasteiger partial charge in [-0.15, -0.1) is 0 Å². The first kappa shape index (κ1) is 18.4. The third kappa shape index (κ3) is 4.05. The molecule has 0 spiro atoms. The monoisotopic (exact) mass is 350 g/mol. The highest BCUT2D eigenvalue weighted by Gasteiger charge is 2.13. The van der Waals surface area contributed by atoms with Crippen molar-refractivity contribution in [3.8, 4) is 0 Å². The molecule has 0 unspecified atom stereocenters. The first-order valence-corrected chi connectivity index (χ1v) is 9.00. The molecule has 0 aliphatic heterocycles. The number of aryl methyl sites for hydroxylation is 1. The number of hydrogen-bond acceptors (Lipinski definition) is 3. The maximum atomic E-state index is 14.5. The van der Waals surface area contributed by atoms with E-state index >= 15 is 0 Å². The molecule has 0 atom stereocenters. The van der Waals surface area contributed by atoms with Crippen LogP contribution in [0, 0.1) is 5.82 Å². The second kappa shape index (κ2) is 8.32. The van der Waals surface area contributed by atoms with Crippen molar-refractivity contribution in [3.05, 3.63) is 65.2 Å². The lowest BCUT2D eigenvalue weighted by Crippen LogP contribution is -2.13. The summed E-state index contributed by atoms with van der Waals surface area (Å²) in [6.07, 6.45) is 3.05. The molecule has 0 fully saturated rings. The van der Waals surface area contributed by atoms with E-state index in [1.54, 1.807) is 12.3 Å². The second-order valence-electron chi connectivity index (χ2n) is 6.60. The molecule has 5 heteroatoms. The summed E-state index contributed by atoms with van der Waals surface area (Å²) in [5, 5.41) is 4.17. The molecule has 0 bridgehead atoms. The Morgan fingerprint density at radius 1 is 1.23 bits per heavy atom. The van der Waals surface area contributed by atoms with Crippen molar-refractivity contribution in [2.24, 2.45) is 4.99 Å². The second-order valence-corrected chi connectivity index (χ2v) is 6.60. The van der Waals surface area contributed by atoms with Crippen LogP contribution in [0.15, 0.2) is 52.1 Å². The van der Waals surface area contributed by atoms with Gasteiger partial charge in [0.05, 0.1) is 12.8 Å². The van der Waals surface area contributed by atoms with Crippen LogP contribution < -0.4 is 10.8 Å². The van der Waals surface area contributed by atoms with Gasteiger partial charge in [0, 0.05) is 23.2 Å². The number of likely N-dealkylation sites (N-methyl/N-ethyl adjacent to an activating group) is 1. The van der Waals surface area contributed by atoms with E-state index in [0.717, 1.165) is 46.3 Å². The summed E-state index contributed by atoms with van der Waals surface area (Å²) in [5.41, 5.74) is 5.69. The minimum Gasteiger partial charge on any atom is -0.464 e. The summed E-state index contributed by atoms with van der Waals surface area (Å²) in [6.45, 7) is 3.44. The van der Waals surface area contributed by atoms with Gasteiger partial charge in [0.2, 0.25) is 0 Å². The van der Waals surface area contributed by atoms with E-state index < -0.39 is 0 Å². The first-order valence-electron chi connectivity index (χ1n) is 9.00. The van der Waals surface area contributed by atoms with Gasteiger partial charge in [-0.1, -0.05) is 29.7 Å². The Bertz CT molecular complexity index is 933. The minimum absolute atomic E-state index is 0.172. The van der Waals surface area contributed by atoms with Crippen molar-refractivity contribution in [1.29, 1.82) is 0 Å². The highest BCUT2D eigenvalue weighted by atomic mass is 19.1. The molecule has 3 aromatic rings. The van der Waals surface area contributed by atoms with Crippen LogP contribution in [0.2, 0.25) is 0 Å². The van der Waals surface area contributed by atoms with Crippen LogP contribution in [0.1, 0.15) is 23.6 Å². The van der Waals surface area contributed by atoms with Crippen LogP contribution in [-0.2, 0) is 12.8 Å².